The highest BCUT2D eigenvalue weighted by molar-refractivity contribution is 7.99. The van der Waals surface area contributed by atoms with Crippen LogP contribution in [-0.4, -0.2) is 139 Å². The number of aryl methyl sites for hydroxylation is 4. The van der Waals surface area contributed by atoms with E-state index >= 15 is 0 Å². The number of aliphatic hydroxyl groups excluding tert-OH is 3. The molecule has 5 aromatic rings. The fourth-order valence-corrected chi connectivity index (χ4v) is 6.80. The van der Waals surface area contributed by atoms with Crippen LogP contribution in [0.15, 0.2) is 89.9 Å². The number of methoxy groups -OCH3 is 1. The Labute approximate surface area is 446 Å². The Morgan fingerprint density at radius 3 is 1.60 bits per heavy atom. The van der Waals surface area contributed by atoms with Crippen molar-refractivity contribution in [1.29, 1.82) is 0 Å². The van der Waals surface area contributed by atoms with Crippen molar-refractivity contribution in [2.45, 2.75) is 88.0 Å². The van der Waals surface area contributed by atoms with Gasteiger partial charge in [-0.1, -0.05) is 39.8 Å². The van der Waals surface area contributed by atoms with Gasteiger partial charge < -0.3 is 68.0 Å². The number of thioether (sulfide) groups is 1. The number of aliphatic carboxylic acids is 1. The first kappa shape index (κ1) is 75.3. The van der Waals surface area contributed by atoms with Crippen LogP contribution in [-0.2, 0) is 19.0 Å². The predicted octanol–water partition coefficient (Wildman–Crippen LogP) is 10.6. The van der Waals surface area contributed by atoms with Gasteiger partial charge in [0, 0.05) is 73.8 Å². The van der Waals surface area contributed by atoms with Gasteiger partial charge in [-0.15, -0.1) is 0 Å². The molecule has 0 amide bonds. The lowest BCUT2D eigenvalue weighted by atomic mass is 10.0. The lowest BCUT2D eigenvalue weighted by Crippen LogP contribution is -2.12. The van der Waals surface area contributed by atoms with Crippen LogP contribution < -0.4 is 21.0 Å². The quantitative estimate of drug-likeness (QED) is 0.111. The van der Waals surface area contributed by atoms with Crippen LogP contribution >= 0.6 is 23.1 Å². The van der Waals surface area contributed by atoms with Gasteiger partial charge in [-0.3, -0.25) is 4.79 Å². The minimum Gasteiger partial charge on any atom is -0.481 e. The molecule has 2 aromatic carbocycles. The number of nitrogens with zero attached hydrogens (tertiary/aromatic N) is 1. The van der Waals surface area contributed by atoms with E-state index in [0.29, 0.717) is 18.0 Å². The van der Waals surface area contributed by atoms with Crippen LogP contribution in [0.3, 0.4) is 0 Å². The molecular formula is C55H96N2O14S2. The second kappa shape index (κ2) is 52.6. The predicted molar refractivity (Wildman–Crippen MR) is 302 cm³/mol. The second-order valence-electron chi connectivity index (χ2n) is 17.3. The van der Waals surface area contributed by atoms with Gasteiger partial charge in [0.05, 0.1) is 12.5 Å². The third-order valence-electron chi connectivity index (χ3n) is 8.79. The van der Waals surface area contributed by atoms with E-state index in [-0.39, 0.29) is 19.1 Å². The third-order valence-corrected chi connectivity index (χ3v) is 10.9. The Kier molecular flexibility index (Phi) is 54.3. The monoisotopic (exact) mass is 1070 g/mol. The van der Waals surface area contributed by atoms with Gasteiger partial charge in [-0.05, 0) is 180 Å². The highest BCUT2D eigenvalue weighted by Gasteiger charge is 2.11. The normalized spacial score (nSPS) is 15.1. The summed E-state index contributed by atoms with van der Waals surface area (Å²) in [5.41, 5.74) is 10.3. The molecule has 0 radical (unpaired) electrons. The van der Waals surface area contributed by atoms with Crippen LogP contribution in [0.1, 0.15) is 82.6 Å². The first-order valence-electron chi connectivity index (χ1n) is 24.3. The molecule has 3 fully saturated rings. The molecule has 3 saturated heterocycles. The highest BCUT2D eigenvalue weighted by Crippen LogP contribution is 2.32. The largest absolute Gasteiger partial charge is 0.519 e. The topological polar surface area (TPSA) is 230 Å². The van der Waals surface area contributed by atoms with E-state index in [1.165, 1.54) is 60.9 Å². The molecule has 9 rings (SSSR count). The number of aliphatic hydroxyl groups is 3. The van der Waals surface area contributed by atoms with Crippen LogP contribution in [0.25, 0.3) is 11.2 Å². The molecule has 3 aromatic heterocycles. The highest BCUT2D eigenvalue weighted by atomic mass is 32.2. The molecule has 2 atom stereocenters. The van der Waals surface area contributed by atoms with Gasteiger partial charge in [0.1, 0.15) is 0 Å². The SMILES string of the molecule is CC(=O)O.CC(CO)CO.CC1CCOC1.CC1CCOCC1.CC1CCSC1.CN.CN(C)C.CO.COC.Cc1ccc2c(c1)OCO2.Cc1ccc2oc(=O)oc2c1.Cc1ccoc1.Cc1ccsc1. The van der Waals surface area contributed by atoms with Gasteiger partial charge in [-0.25, -0.2) is 4.79 Å². The zero-order chi connectivity index (χ0) is 56.4. The molecule has 16 nitrogen and oxygen atoms in total. The molecule has 0 aliphatic carbocycles. The average molecular weight is 1070 g/mol. The lowest BCUT2D eigenvalue weighted by Gasteiger charge is -2.16. The number of rotatable bonds is 2. The van der Waals surface area contributed by atoms with Gasteiger partial charge in [0.2, 0.25) is 6.79 Å². The summed E-state index contributed by atoms with van der Waals surface area (Å²) < 4.78 is 38.9. The second-order valence-corrected chi connectivity index (χ2v) is 19.3. The molecule has 422 valence electrons. The standard InChI is InChI=1S/C8H6O3.C8H8O2.C6H12O.C5H10O.C5H6O.C5H10S.C5H6S.C4H10O2.C3H9N.C2H4O2.C2H6O.CH5N.CH4O/c1-5-2-3-6-7(4-5)11-8(9)10-6;1-6-2-3-7-8(4-6)10-5-9-7;1-6-2-4-7-5-3-6;4*1-5-2-3-6-4-5;1-4(2-5)3-6;1-4(2)3;1-2(3)4;1-3-2;2*1-2/h2-4H,1H3;2-4H,5H2,1H3;6H,2-5H2,1H3;5H,2-4H2,1H3;2-4H,1H3;5H,2-4H2,1H3;2-4H,1H3;4-6H,2-3H2,1H3;1-3H3;1H3,(H,3,4);1-2H3;2H2,1H3;2H,1H3. The van der Waals surface area contributed by atoms with E-state index in [1.807, 2.05) is 77.1 Å². The Hall–Kier alpha value is -4.21. The number of hydrogen-bond donors (Lipinski definition) is 5. The van der Waals surface area contributed by atoms with E-state index in [9.17, 15) is 4.79 Å². The average Bonchev–Trinajstić information content (AvgIpc) is 4.24. The Bertz CT molecular complexity index is 1880. The van der Waals surface area contributed by atoms with Crippen molar-refractivity contribution in [1.82, 2.24) is 4.90 Å². The maximum absolute atomic E-state index is 10.6. The van der Waals surface area contributed by atoms with E-state index in [0.717, 1.165) is 75.3 Å². The Morgan fingerprint density at radius 1 is 0.753 bits per heavy atom. The van der Waals surface area contributed by atoms with E-state index in [4.69, 9.17) is 57.4 Å². The molecule has 0 saturated carbocycles. The molecule has 0 spiro atoms. The number of thiophene rings is 1. The summed E-state index contributed by atoms with van der Waals surface area (Å²) >= 11 is 3.82. The number of nitrogens with two attached hydrogens (primary N) is 1. The number of carboxylic acid groups (broad SMARTS) is 1. The number of carboxylic acids is 1. The van der Waals surface area contributed by atoms with Crippen molar-refractivity contribution < 1.29 is 62.2 Å². The van der Waals surface area contributed by atoms with Crippen LogP contribution in [0.4, 0.5) is 0 Å². The summed E-state index contributed by atoms with van der Waals surface area (Å²) in [5.74, 6) is 5.83. The minimum atomic E-state index is -0.833. The fraction of sp³-hybridized carbons (Fsp3) is 0.600. The molecule has 73 heavy (non-hydrogen) atoms. The Morgan fingerprint density at radius 2 is 1.27 bits per heavy atom. The minimum absolute atomic E-state index is 0.0463. The van der Waals surface area contributed by atoms with Crippen molar-refractivity contribution in [2.24, 2.45) is 29.4 Å². The maximum Gasteiger partial charge on any atom is 0.519 e. The summed E-state index contributed by atoms with van der Waals surface area (Å²) in [6, 6.07) is 15.3. The molecular weight excluding hydrogens is 977 g/mol. The maximum atomic E-state index is 10.6. The van der Waals surface area contributed by atoms with Crippen molar-refractivity contribution in [3.63, 3.8) is 0 Å². The van der Waals surface area contributed by atoms with Crippen LogP contribution in [0.2, 0.25) is 0 Å². The molecule has 7 heterocycles. The molecule has 4 aliphatic heterocycles. The van der Waals surface area contributed by atoms with Gasteiger partial charge in [0.15, 0.2) is 22.7 Å². The summed E-state index contributed by atoms with van der Waals surface area (Å²) in [6.07, 6.45) is 8.61. The number of carbonyl (C=O) groups is 1. The number of benzene rings is 2. The van der Waals surface area contributed by atoms with E-state index in [2.05, 4.69) is 66.8 Å². The third kappa shape index (κ3) is 51.1. The van der Waals surface area contributed by atoms with Gasteiger partial charge in [0.25, 0.3) is 5.97 Å². The first-order chi connectivity index (χ1) is 34.8. The fourth-order valence-electron chi connectivity index (χ4n) is 4.83. The lowest BCUT2D eigenvalue weighted by molar-refractivity contribution is -0.134. The summed E-state index contributed by atoms with van der Waals surface area (Å²) in [5, 5.41) is 35.0. The molecule has 0 bridgehead atoms. The van der Waals surface area contributed by atoms with Crippen LogP contribution in [0, 0.1) is 51.4 Å². The van der Waals surface area contributed by atoms with Crippen molar-refractivity contribution in [3.8, 4) is 11.5 Å². The first-order valence-corrected chi connectivity index (χ1v) is 26.4. The number of ether oxygens (including phenoxy) is 5. The van der Waals surface area contributed by atoms with Crippen molar-refractivity contribution in [2.75, 3.05) is 107 Å². The van der Waals surface area contributed by atoms with Crippen LogP contribution in [0.5, 0.6) is 11.5 Å². The van der Waals surface area contributed by atoms with Gasteiger partial charge >= 0.3 is 5.82 Å². The van der Waals surface area contributed by atoms with E-state index in [1.54, 1.807) is 57.1 Å². The zero-order valence-electron chi connectivity index (χ0n) is 47.1. The summed E-state index contributed by atoms with van der Waals surface area (Å²) in [7, 11) is 11.8. The zero-order valence-corrected chi connectivity index (χ0v) is 48.8. The Balaban J connectivity index is -0.000000363. The number of furan rings is 1. The van der Waals surface area contributed by atoms with Crippen molar-refractivity contribution >= 4 is 40.2 Å². The number of hydrogen-bond acceptors (Lipinski definition) is 17. The molecule has 6 N–H and O–H groups in total. The number of fused-ring (bicyclic) bond motifs is 2. The van der Waals surface area contributed by atoms with Crippen molar-refractivity contribution in [3.05, 3.63) is 105 Å². The van der Waals surface area contributed by atoms with E-state index < -0.39 is 11.8 Å². The summed E-state index contributed by atoms with van der Waals surface area (Å²) in [4.78, 5) is 21.6. The van der Waals surface area contributed by atoms with Gasteiger partial charge in [-0.2, -0.15) is 23.1 Å². The molecule has 18 heteroatoms. The smallest absolute Gasteiger partial charge is 0.481 e. The summed E-state index contributed by atoms with van der Waals surface area (Å²) in [6.45, 7) is 22.2. The molecule has 4 aliphatic rings. The molecule has 2 unspecified atom stereocenters.